The first-order valence-corrected chi connectivity index (χ1v) is 4.94. The minimum absolute atomic E-state index is 0. The molecule has 76 valence electrons. The fourth-order valence-electron chi connectivity index (χ4n) is 1.28. The van der Waals surface area contributed by atoms with Crippen LogP contribution in [0.25, 0.3) is 0 Å². The molecule has 0 amide bonds. The summed E-state index contributed by atoms with van der Waals surface area (Å²) in [7, 11) is 1.74. The van der Waals surface area contributed by atoms with Crippen LogP contribution in [0.3, 0.4) is 0 Å². The van der Waals surface area contributed by atoms with Gasteiger partial charge in [0.15, 0.2) is 12.2 Å². The Morgan fingerprint density at radius 2 is 1.92 bits per heavy atom. The number of hydrogen-bond acceptors (Lipinski definition) is 2. The lowest BCUT2D eigenvalue weighted by Crippen LogP contribution is -3.00. The summed E-state index contributed by atoms with van der Waals surface area (Å²) in [5, 5.41) is 1.36. The molecule has 0 aliphatic heterocycles. The van der Waals surface area contributed by atoms with E-state index in [-0.39, 0.29) is 17.0 Å². The minimum Gasteiger partial charge on any atom is -1.00 e. The molecule has 4 heteroatoms. The molecule has 0 spiro atoms. The molecule has 0 atom stereocenters. The summed E-state index contributed by atoms with van der Waals surface area (Å²) in [6.07, 6.45) is 0. The molecule has 13 heavy (non-hydrogen) atoms. The van der Waals surface area contributed by atoms with Crippen LogP contribution in [0.5, 0.6) is 0 Å². The van der Waals surface area contributed by atoms with Crippen molar-refractivity contribution in [3.8, 4) is 0 Å². The van der Waals surface area contributed by atoms with Crippen molar-refractivity contribution in [2.24, 2.45) is 0 Å². The fourth-order valence-corrected chi connectivity index (χ4v) is 2.32. The highest BCUT2D eigenvalue weighted by Gasteiger charge is 2.16. The fraction of sp³-hybridized carbons (Fsp3) is 0.667. The summed E-state index contributed by atoms with van der Waals surface area (Å²) in [5.74, 6) is 0. The summed E-state index contributed by atoms with van der Waals surface area (Å²) in [4.78, 5) is 1.41. The van der Waals surface area contributed by atoms with Gasteiger partial charge in [-0.25, -0.2) is 0 Å². The van der Waals surface area contributed by atoms with E-state index in [1.807, 2.05) is 11.3 Å². The second-order valence-corrected chi connectivity index (χ2v) is 4.31. The first-order valence-electron chi connectivity index (χ1n) is 4.12. The van der Waals surface area contributed by atoms with Crippen molar-refractivity contribution < 1.29 is 26.3 Å². The quantitative estimate of drug-likeness (QED) is 0.614. The van der Waals surface area contributed by atoms with Gasteiger partial charge < -0.3 is 21.7 Å². The van der Waals surface area contributed by atoms with E-state index in [4.69, 9.17) is 4.74 Å². The maximum Gasteiger partial charge on any atom is 0.234 e. The predicted molar refractivity (Wildman–Crippen MR) is 50.6 cm³/mol. The normalized spacial score (nSPS) is 9.85. The molecule has 0 radical (unpaired) electrons. The molecule has 0 fully saturated rings. The number of methoxy groups -OCH3 is 1. The maximum absolute atomic E-state index is 5.05. The van der Waals surface area contributed by atoms with E-state index < -0.39 is 0 Å². The predicted octanol–water partition coefficient (Wildman–Crippen LogP) is -1.39. The van der Waals surface area contributed by atoms with Crippen LogP contribution in [-0.2, 0) is 11.3 Å². The number of aryl methyl sites for hydroxylation is 2. The highest BCUT2D eigenvalue weighted by atomic mass is 79.9. The average Bonchev–Trinajstić information content (AvgIpc) is 2.25. The van der Waals surface area contributed by atoms with Gasteiger partial charge in [-0.05, 0) is 6.92 Å². The second kappa shape index (κ2) is 5.73. The van der Waals surface area contributed by atoms with Crippen molar-refractivity contribution >= 4 is 11.3 Å². The number of rotatable bonds is 3. The Hall–Kier alpha value is 0.0700. The SMILES string of the molecule is COCC[n+]1c(C)sc(C)c1C.[Br-]. The molecule has 1 aromatic heterocycles. The molecule has 0 aliphatic rings. The Labute approximate surface area is 94.3 Å². The Morgan fingerprint density at radius 3 is 2.31 bits per heavy atom. The maximum atomic E-state index is 5.05. The summed E-state index contributed by atoms with van der Waals surface area (Å²) in [5.41, 5.74) is 1.37. The molecule has 0 N–H and O–H groups in total. The van der Waals surface area contributed by atoms with Gasteiger partial charge in [0.25, 0.3) is 0 Å². The number of hydrogen-bond donors (Lipinski definition) is 0. The summed E-state index contributed by atoms with van der Waals surface area (Å²) in [6, 6.07) is 0. The van der Waals surface area contributed by atoms with Gasteiger partial charge in [-0.15, -0.1) is 0 Å². The van der Waals surface area contributed by atoms with Crippen molar-refractivity contribution in [1.29, 1.82) is 0 Å². The summed E-state index contributed by atoms with van der Waals surface area (Å²) >= 11 is 1.85. The van der Waals surface area contributed by atoms with Gasteiger partial charge in [0.2, 0.25) is 5.01 Å². The lowest BCUT2D eigenvalue weighted by atomic mass is 10.4. The Bertz CT molecular complexity index is 273. The van der Waals surface area contributed by atoms with Crippen LogP contribution in [0.2, 0.25) is 0 Å². The molecule has 0 unspecified atom stereocenters. The Kier molecular flexibility index (Phi) is 5.76. The van der Waals surface area contributed by atoms with Crippen LogP contribution < -0.4 is 21.5 Å². The highest BCUT2D eigenvalue weighted by Crippen LogP contribution is 2.13. The lowest BCUT2D eigenvalue weighted by Gasteiger charge is -1.95. The first kappa shape index (κ1) is 13.1. The largest absolute Gasteiger partial charge is 1.00 e. The zero-order chi connectivity index (χ0) is 9.14. The molecular weight excluding hydrogens is 250 g/mol. The van der Waals surface area contributed by atoms with Crippen LogP contribution >= 0.6 is 11.3 Å². The topological polar surface area (TPSA) is 13.1 Å². The minimum atomic E-state index is 0. The molecule has 2 nitrogen and oxygen atoms in total. The van der Waals surface area contributed by atoms with E-state index >= 15 is 0 Å². The molecular formula is C9H16BrNOS. The van der Waals surface area contributed by atoms with Gasteiger partial charge in [-0.3, -0.25) is 0 Å². The molecule has 0 saturated heterocycles. The van der Waals surface area contributed by atoms with Gasteiger partial charge in [-0.1, -0.05) is 11.3 Å². The zero-order valence-corrected chi connectivity index (χ0v) is 11.0. The van der Waals surface area contributed by atoms with Crippen LogP contribution in [0.1, 0.15) is 15.6 Å². The Morgan fingerprint density at radius 1 is 1.31 bits per heavy atom. The first-order chi connectivity index (χ1) is 5.66. The monoisotopic (exact) mass is 265 g/mol. The number of ether oxygens (including phenoxy) is 1. The summed E-state index contributed by atoms with van der Waals surface area (Å²) in [6.45, 7) is 8.24. The number of aromatic nitrogens is 1. The van der Waals surface area contributed by atoms with Crippen molar-refractivity contribution in [2.75, 3.05) is 13.7 Å². The van der Waals surface area contributed by atoms with E-state index in [1.54, 1.807) is 7.11 Å². The van der Waals surface area contributed by atoms with Crippen molar-refractivity contribution in [3.05, 3.63) is 15.6 Å². The van der Waals surface area contributed by atoms with E-state index in [1.165, 1.54) is 15.6 Å². The van der Waals surface area contributed by atoms with Gasteiger partial charge >= 0.3 is 0 Å². The molecule has 1 aromatic rings. The van der Waals surface area contributed by atoms with E-state index in [2.05, 4.69) is 25.3 Å². The third-order valence-corrected chi connectivity index (χ3v) is 3.23. The van der Waals surface area contributed by atoms with Crippen LogP contribution in [0, 0.1) is 20.8 Å². The van der Waals surface area contributed by atoms with E-state index in [9.17, 15) is 0 Å². The smallest absolute Gasteiger partial charge is 0.234 e. The van der Waals surface area contributed by atoms with Gasteiger partial charge in [-0.2, -0.15) is 4.57 Å². The highest BCUT2D eigenvalue weighted by molar-refractivity contribution is 7.11. The molecule has 0 saturated carbocycles. The van der Waals surface area contributed by atoms with Crippen molar-refractivity contribution in [3.63, 3.8) is 0 Å². The van der Waals surface area contributed by atoms with E-state index in [0.717, 1.165) is 13.2 Å². The summed E-state index contributed by atoms with van der Waals surface area (Å²) < 4.78 is 7.36. The average molecular weight is 266 g/mol. The lowest BCUT2D eigenvalue weighted by molar-refractivity contribution is -0.705. The van der Waals surface area contributed by atoms with Crippen molar-refractivity contribution in [1.82, 2.24) is 0 Å². The third kappa shape index (κ3) is 3.04. The molecule has 0 bridgehead atoms. The number of nitrogens with zero attached hydrogens (tertiary/aromatic N) is 1. The number of thiazole rings is 1. The van der Waals surface area contributed by atoms with Crippen LogP contribution in [0.4, 0.5) is 0 Å². The standard InChI is InChI=1S/C9H16NOS.BrH/c1-7-8(2)12-9(3)10(7)5-6-11-4;/h5-6H2,1-4H3;1H/q+1;/p-1. The number of halogens is 1. The zero-order valence-electron chi connectivity index (χ0n) is 8.56. The molecule has 0 aliphatic carbocycles. The Balaban J connectivity index is 0.00000144. The third-order valence-electron chi connectivity index (χ3n) is 2.11. The molecule has 1 heterocycles. The molecule has 1 rings (SSSR count). The van der Waals surface area contributed by atoms with Gasteiger partial charge in [0, 0.05) is 21.0 Å². The van der Waals surface area contributed by atoms with Crippen molar-refractivity contribution in [2.45, 2.75) is 27.3 Å². The van der Waals surface area contributed by atoms with Gasteiger partial charge in [0.05, 0.1) is 4.88 Å². The van der Waals surface area contributed by atoms with E-state index in [0.29, 0.717) is 0 Å². The van der Waals surface area contributed by atoms with Gasteiger partial charge in [0.1, 0.15) is 6.61 Å². The van der Waals surface area contributed by atoms with Crippen LogP contribution in [0.15, 0.2) is 0 Å². The second-order valence-electron chi connectivity index (χ2n) is 2.91. The van der Waals surface area contributed by atoms with Crippen LogP contribution in [-0.4, -0.2) is 13.7 Å². The molecule has 0 aromatic carbocycles.